The molecule has 1 aliphatic heterocycles. The van der Waals surface area contributed by atoms with Crippen LogP contribution in [0.25, 0.3) is 6.08 Å². The molecule has 0 saturated carbocycles. The van der Waals surface area contributed by atoms with Gasteiger partial charge in [-0.2, -0.15) is 0 Å². The molecular formula is C31H29N3O6S. The zero-order valence-corrected chi connectivity index (χ0v) is 23.8. The number of aromatic nitrogens is 1. The molecule has 2 N–H and O–H groups in total. The Labute approximate surface area is 240 Å². The molecule has 4 aromatic rings. The van der Waals surface area contributed by atoms with Gasteiger partial charge in [-0.1, -0.05) is 35.6 Å². The molecule has 1 aromatic heterocycles. The molecule has 10 heteroatoms. The summed E-state index contributed by atoms with van der Waals surface area (Å²) in [5, 5.41) is 13.0. The van der Waals surface area contributed by atoms with E-state index in [9.17, 15) is 14.7 Å². The van der Waals surface area contributed by atoms with Gasteiger partial charge in [-0.3, -0.25) is 14.2 Å². The normalized spacial score (nSPS) is 14.7. The number of hydrogen-bond donors (Lipinski definition) is 2. The number of benzene rings is 3. The Bertz CT molecular complexity index is 1820. The highest BCUT2D eigenvalue weighted by Gasteiger charge is 2.34. The summed E-state index contributed by atoms with van der Waals surface area (Å²) >= 11 is 1.21. The van der Waals surface area contributed by atoms with E-state index in [4.69, 9.17) is 14.2 Å². The van der Waals surface area contributed by atoms with E-state index in [0.717, 1.165) is 0 Å². The van der Waals surface area contributed by atoms with Crippen molar-refractivity contribution in [3.63, 3.8) is 0 Å². The van der Waals surface area contributed by atoms with Gasteiger partial charge in [-0.15, -0.1) is 0 Å². The molecule has 0 bridgehead atoms. The predicted octanol–water partition coefficient (Wildman–Crippen LogP) is 4.00. The number of rotatable bonds is 8. The molecule has 210 valence electrons. The number of nitrogens with one attached hydrogen (secondary N) is 1. The van der Waals surface area contributed by atoms with E-state index in [1.165, 1.54) is 29.1 Å². The lowest BCUT2D eigenvalue weighted by atomic mass is 9.94. The number of carbonyl (C=O) groups is 1. The van der Waals surface area contributed by atoms with Gasteiger partial charge in [0.1, 0.15) is 17.5 Å². The molecule has 0 spiro atoms. The molecule has 0 fully saturated rings. The number of thiazole rings is 1. The van der Waals surface area contributed by atoms with E-state index >= 15 is 0 Å². The third kappa shape index (κ3) is 5.46. The van der Waals surface area contributed by atoms with Crippen LogP contribution >= 0.6 is 11.3 Å². The number of amides is 1. The second-order valence-electron chi connectivity index (χ2n) is 9.17. The largest absolute Gasteiger partial charge is 0.504 e. The van der Waals surface area contributed by atoms with Crippen LogP contribution in [0.15, 0.2) is 87.8 Å². The number of ether oxygens (including phenoxy) is 3. The number of nitrogens with zero attached hydrogens (tertiary/aromatic N) is 2. The van der Waals surface area contributed by atoms with Crippen LogP contribution in [0.4, 0.5) is 5.69 Å². The van der Waals surface area contributed by atoms with Crippen LogP contribution in [0.5, 0.6) is 23.0 Å². The van der Waals surface area contributed by atoms with Crippen LogP contribution in [-0.2, 0) is 4.79 Å². The second kappa shape index (κ2) is 11.7. The second-order valence-corrected chi connectivity index (χ2v) is 10.2. The van der Waals surface area contributed by atoms with Gasteiger partial charge in [-0.25, -0.2) is 4.99 Å². The Morgan fingerprint density at radius 1 is 1.07 bits per heavy atom. The van der Waals surface area contributed by atoms with E-state index in [1.807, 2.05) is 25.1 Å². The summed E-state index contributed by atoms with van der Waals surface area (Å²) in [6.07, 6.45) is 1.72. The molecular weight excluding hydrogens is 542 g/mol. The molecule has 1 atom stereocenters. The summed E-state index contributed by atoms with van der Waals surface area (Å²) in [5.41, 5.74) is 2.38. The van der Waals surface area contributed by atoms with Crippen molar-refractivity contribution < 1.29 is 24.1 Å². The predicted molar refractivity (Wildman–Crippen MR) is 158 cm³/mol. The van der Waals surface area contributed by atoms with Gasteiger partial charge in [0.05, 0.1) is 36.6 Å². The fraction of sp³-hybridized carbons (Fsp3) is 0.194. The Kier molecular flexibility index (Phi) is 7.93. The Balaban J connectivity index is 1.70. The van der Waals surface area contributed by atoms with E-state index in [2.05, 4.69) is 10.3 Å². The summed E-state index contributed by atoms with van der Waals surface area (Å²) in [6, 6.07) is 18.5. The molecule has 1 amide bonds. The molecule has 41 heavy (non-hydrogen) atoms. The van der Waals surface area contributed by atoms with Crippen LogP contribution in [0.3, 0.4) is 0 Å². The van der Waals surface area contributed by atoms with Crippen molar-refractivity contribution in [3.05, 3.63) is 109 Å². The highest BCUT2D eigenvalue weighted by molar-refractivity contribution is 7.07. The number of fused-ring (bicyclic) bond motifs is 1. The fourth-order valence-corrected chi connectivity index (χ4v) is 5.76. The zero-order valence-electron chi connectivity index (χ0n) is 23.0. The maximum absolute atomic E-state index is 14.0. The number of carbonyl (C=O) groups excluding carboxylic acids is 1. The van der Waals surface area contributed by atoms with Crippen molar-refractivity contribution in [1.82, 2.24) is 4.57 Å². The van der Waals surface area contributed by atoms with Crippen LogP contribution in [0.2, 0.25) is 0 Å². The minimum absolute atomic E-state index is 0.0155. The molecule has 0 saturated heterocycles. The van der Waals surface area contributed by atoms with Crippen molar-refractivity contribution in [2.24, 2.45) is 4.99 Å². The molecule has 5 rings (SSSR count). The number of phenols is 1. The Morgan fingerprint density at radius 3 is 2.56 bits per heavy atom. The van der Waals surface area contributed by atoms with Crippen molar-refractivity contribution in [3.8, 4) is 23.0 Å². The van der Waals surface area contributed by atoms with Crippen molar-refractivity contribution in [1.29, 1.82) is 0 Å². The molecule has 1 aliphatic rings. The quantitative estimate of drug-likeness (QED) is 0.331. The highest BCUT2D eigenvalue weighted by atomic mass is 32.1. The van der Waals surface area contributed by atoms with E-state index in [1.54, 1.807) is 62.6 Å². The molecule has 0 aliphatic carbocycles. The first-order valence-corrected chi connectivity index (χ1v) is 13.7. The van der Waals surface area contributed by atoms with Gasteiger partial charge in [-0.05, 0) is 61.9 Å². The summed E-state index contributed by atoms with van der Waals surface area (Å²) in [6.45, 7) is 3.97. The molecule has 0 unspecified atom stereocenters. The van der Waals surface area contributed by atoms with Crippen molar-refractivity contribution in [2.45, 2.75) is 19.9 Å². The third-order valence-electron chi connectivity index (χ3n) is 6.61. The van der Waals surface area contributed by atoms with Gasteiger partial charge in [0.15, 0.2) is 16.3 Å². The number of anilines is 1. The minimum Gasteiger partial charge on any atom is -0.504 e. The van der Waals surface area contributed by atoms with Gasteiger partial charge in [0.25, 0.3) is 11.5 Å². The van der Waals surface area contributed by atoms with Crippen LogP contribution in [0, 0.1) is 0 Å². The molecule has 0 radical (unpaired) electrons. The van der Waals surface area contributed by atoms with E-state index < -0.39 is 6.04 Å². The van der Waals surface area contributed by atoms with Gasteiger partial charge >= 0.3 is 0 Å². The van der Waals surface area contributed by atoms with Gasteiger partial charge in [0, 0.05) is 17.3 Å². The number of allylic oxidation sites excluding steroid dienone is 1. The average Bonchev–Trinajstić information content (AvgIpc) is 3.28. The number of hydrogen-bond acceptors (Lipinski definition) is 8. The maximum atomic E-state index is 14.0. The summed E-state index contributed by atoms with van der Waals surface area (Å²) < 4.78 is 18.5. The SMILES string of the molecule is CCOc1cc(/C=c2\sc3n(c2=O)[C@H](c2ccc(OC)cc2OC)C(C(=O)Nc2ccccc2)=C(C)N=3)ccc1O. The van der Waals surface area contributed by atoms with Crippen LogP contribution < -0.4 is 34.4 Å². The first kappa shape index (κ1) is 27.7. The molecule has 3 aromatic carbocycles. The topological polar surface area (TPSA) is 111 Å². The third-order valence-corrected chi connectivity index (χ3v) is 7.60. The Morgan fingerprint density at radius 2 is 1.85 bits per heavy atom. The van der Waals surface area contributed by atoms with Crippen LogP contribution in [0.1, 0.15) is 31.0 Å². The van der Waals surface area contributed by atoms with Crippen molar-refractivity contribution in [2.75, 3.05) is 26.1 Å². The smallest absolute Gasteiger partial charge is 0.271 e. The lowest BCUT2D eigenvalue weighted by Gasteiger charge is -2.26. The summed E-state index contributed by atoms with van der Waals surface area (Å²) in [4.78, 5) is 32.9. The first-order valence-electron chi connectivity index (χ1n) is 12.9. The van der Waals surface area contributed by atoms with Gasteiger partial charge in [0.2, 0.25) is 0 Å². The lowest BCUT2D eigenvalue weighted by molar-refractivity contribution is -0.113. The van der Waals surface area contributed by atoms with Gasteiger partial charge < -0.3 is 24.6 Å². The van der Waals surface area contributed by atoms with E-state index in [0.29, 0.717) is 61.3 Å². The standard InChI is InChI=1S/C31H29N3O6S/c1-5-40-25-15-19(11-14-23(25)35)16-26-30(37)34-28(22-13-12-21(38-3)17-24(22)39-4)27(18(2)32-31(34)41-26)29(36)33-20-9-7-6-8-10-20/h6-17,28,35H,5H2,1-4H3,(H,33,36)/b26-16-/t28-/m1/s1. The lowest BCUT2D eigenvalue weighted by Crippen LogP contribution is -2.40. The van der Waals surface area contributed by atoms with Crippen molar-refractivity contribution >= 4 is 29.0 Å². The van der Waals surface area contributed by atoms with E-state index in [-0.39, 0.29) is 17.2 Å². The summed E-state index contributed by atoms with van der Waals surface area (Å²) in [5.74, 6) is 0.997. The maximum Gasteiger partial charge on any atom is 0.271 e. The number of phenolic OH excluding ortho intramolecular Hbond substituents is 1. The minimum atomic E-state index is -0.822. The first-order chi connectivity index (χ1) is 19.8. The number of para-hydroxylation sites is 1. The molecule has 9 nitrogen and oxygen atoms in total. The zero-order chi connectivity index (χ0) is 29.1. The highest BCUT2D eigenvalue weighted by Crippen LogP contribution is 2.37. The number of aromatic hydroxyl groups is 1. The number of methoxy groups -OCH3 is 2. The monoisotopic (exact) mass is 571 g/mol. The average molecular weight is 572 g/mol. The summed E-state index contributed by atoms with van der Waals surface area (Å²) in [7, 11) is 3.09. The fourth-order valence-electron chi connectivity index (χ4n) is 4.71. The Hall–Kier alpha value is -4.83. The molecule has 2 heterocycles. The van der Waals surface area contributed by atoms with Crippen LogP contribution in [-0.4, -0.2) is 36.4 Å².